The molecule has 5 heteroatoms. The third-order valence-corrected chi connectivity index (χ3v) is 3.54. The van der Waals surface area contributed by atoms with Crippen LogP contribution in [0.3, 0.4) is 0 Å². The lowest BCUT2D eigenvalue weighted by molar-refractivity contribution is 0.767. The van der Waals surface area contributed by atoms with Crippen LogP contribution in [0, 0.1) is 0 Å². The average molecular weight is 313 g/mol. The minimum atomic E-state index is 0.874. The number of nitrogens with one attached hydrogen (secondary N) is 2. The van der Waals surface area contributed by atoms with Crippen molar-refractivity contribution < 1.29 is 0 Å². The summed E-state index contributed by atoms with van der Waals surface area (Å²) in [4.78, 5) is 4.57. The molecule has 2 N–H and O–H groups in total. The van der Waals surface area contributed by atoms with Gasteiger partial charge in [0.15, 0.2) is 5.96 Å². The molecule has 0 bridgehead atoms. The maximum absolute atomic E-state index is 4.57. The third-order valence-electron chi connectivity index (χ3n) is 3.54. The molecule has 0 aliphatic rings. The summed E-state index contributed by atoms with van der Waals surface area (Å²) in [6, 6.07) is 10.4. The van der Waals surface area contributed by atoms with Crippen LogP contribution >= 0.6 is 0 Å². The van der Waals surface area contributed by atoms with Crippen molar-refractivity contribution in [3.63, 3.8) is 0 Å². The Labute approximate surface area is 138 Å². The summed E-state index contributed by atoms with van der Waals surface area (Å²) in [5, 5.41) is 10.9. The van der Waals surface area contributed by atoms with Gasteiger partial charge in [-0.2, -0.15) is 5.10 Å². The molecule has 5 nitrogen and oxygen atoms in total. The van der Waals surface area contributed by atoms with E-state index in [4.69, 9.17) is 0 Å². The van der Waals surface area contributed by atoms with Crippen LogP contribution in [0.4, 0.5) is 0 Å². The molecule has 2 aromatic rings. The first-order valence-corrected chi connectivity index (χ1v) is 8.44. The number of guanidine groups is 1. The molecule has 124 valence electrons. The Balaban J connectivity index is 1.81. The van der Waals surface area contributed by atoms with Crippen molar-refractivity contribution in [2.24, 2.45) is 4.99 Å². The monoisotopic (exact) mass is 313 g/mol. The fraction of sp³-hybridized carbons (Fsp3) is 0.444. The van der Waals surface area contributed by atoms with Gasteiger partial charge in [-0.25, -0.2) is 4.68 Å². The van der Waals surface area contributed by atoms with E-state index < -0.39 is 0 Å². The molecule has 0 amide bonds. The van der Waals surface area contributed by atoms with Crippen molar-refractivity contribution in [1.29, 1.82) is 0 Å². The molecule has 0 saturated heterocycles. The van der Waals surface area contributed by atoms with Gasteiger partial charge in [0.1, 0.15) is 0 Å². The summed E-state index contributed by atoms with van der Waals surface area (Å²) in [6.07, 6.45) is 7.01. The Hall–Kier alpha value is -2.30. The molecular formula is C18H27N5. The molecule has 1 aromatic carbocycles. The van der Waals surface area contributed by atoms with E-state index in [0.717, 1.165) is 44.1 Å². The van der Waals surface area contributed by atoms with E-state index in [2.05, 4.69) is 58.8 Å². The van der Waals surface area contributed by atoms with Crippen LogP contribution in [0.25, 0.3) is 5.69 Å². The predicted molar refractivity (Wildman–Crippen MR) is 96.2 cm³/mol. The number of unbranched alkanes of at least 4 members (excludes halogenated alkanes) is 1. The summed E-state index contributed by atoms with van der Waals surface area (Å²) < 4.78 is 1.87. The van der Waals surface area contributed by atoms with E-state index in [9.17, 15) is 0 Å². The van der Waals surface area contributed by atoms with Crippen molar-refractivity contribution in [2.75, 3.05) is 19.6 Å². The second-order valence-corrected chi connectivity index (χ2v) is 5.41. The van der Waals surface area contributed by atoms with Gasteiger partial charge in [0.25, 0.3) is 0 Å². The van der Waals surface area contributed by atoms with E-state index in [-0.39, 0.29) is 0 Å². The maximum Gasteiger partial charge on any atom is 0.191 e. The summed E-state index contributed by atoms with van der Waals surface area (Å²) in [5.74, 6) is 0.911. The Bertz CT molecular complexity index is 572. The molecule has 23 heavy (non-hydrogen) atoms. The van der Waals surface area contributed by atoms with Gasteiger partial charge in [-0.3, -0.25) is 4.99 Å². The molecule has 0 spiro atoms. The van der Waals surface area contributed by atoms with Crippen molar-refractivity contribution in [2.45, 2.75) is 33.1 Å². The lowest BCUT2D eigenvalue weighted by Crippen LogP contribution is -2.38. The highest BCUT2D eigenvalue weighted by Gasteiger charge is 1.99. The smallest absolute Gasteiger partial charge is 0.191 e. The number of rotatable bonds is 8. The molecule has 0 aliphatic carbocycles. The second kappa shape index (κ2) is 9.66. The SMILES string of the molecule is CCCCN=C(NCC)NCCc1ccc(-n2cccn2)cc1. The number of aliphatic imine (C=N–C) groups is 1. The molecule has 0 aliphatic heterocycles. The number of benzene rings is 1. The van der Waals surface area contributed by atoms with Crippen molar-refractivity contribution >= 4 is 5.96 Å². The van der Waals surface area contributed by atoms with Crippen LogP contribution in [0.1, 0.15) is 32.3 Å². The van der Waals surface area contributed by atoms with Gasteiger partial charge < -0.3 is 10.6 Å². The van der Waals surface area contributed by atoms with Gasteiger partial charge in [-0.1, -0.05) is 25.5 Å². The van der Waals surface area contributed by atoms with Crippen molar-refractivity contribution in [1.82, 2.24) is 20.4 Å². The van der Waals surface area contributed by atoms with Gasteiger partial charge in [0, 0.05) is 32.0 Å². The minimum Gasteiger partial charge on any atom is -0.357 e. The zero-order valence-electron chi connectivity index (χ0n) is 14.1. The lowest BCUT2D eigenvalue weighted by Gasteiger charge is -2.11. The molecular weight excluding hydrogens is 286 g/mol. The Kier molecular flexibility index (Phi) is 7.17. The molecule has 0 radical (unpaired) electrons. The molecule has 2 rings (SSSR count). The normalized spacial score (nSPS) is 11.5. The van der Waals surface area contributed by atoms with Gasteiger partial charge >= 0.3 is 0 Å². The Morgan fingerprint density at radius 1 is 1.17 bits per heavy atom. The molecule has 0 saturated carbocycles. The molecule has 0 fully saturated rings. The Morgan fingerprint density at radius 2 is 2.00 bits per heavy atom. The average Bonchev–Trinajstić information content (AvgIpc) is 3.10. The highest BCUT2D eigenvalue weighted by Crippen LogP contribution is 2.08. The number of hydrogen-bond donors (Lipinski definition) is 2. The van der Waals surface area contributed by atoms with Crippen LogP contribution in [-0.4, -0.2) is 35.4 Å². The third kappa shape index (κ3) is 5.77. The van der Waals surface area contributed by atoms with Gasteiger partial charge in [0.2, 0.25) is 0 Å². The summed E-state index contributed by atoms with van der Waals surface area (Å²) in [6.45, 7) is 6.91. The van der Waals surface area contributed by atoms with Crippen LogP contribution in [-0.2, 0) is 6.42 Å². The number of nitrogens with zero attached hydrogens (tertiary/aromatic N) is 3. The van der Waals surface area contributed by atoms with E-state index in [1.165, 1.54) is 12.0 Å². The fourth-order valence-corrected chi connectivity index (χ4v) is 2.25. The van der Waals surface area contributed by atoms with Crippen LogP contribution < -0.4 is 10.6 Å². The fourth-order valence-electron chi connectivity index (χ4n) is 2.25. The molecule has 0 unspecified atom stereocenters. The zero-order chi connectivity index (χ0) is 16.3. The lowest BCUT2D eigenvalue weighted by atomic mass is 10.1. The first-order chi connectivity index (χ1) is 11.3. The van der Waals surface area contributed by atoms with Gasteiger partial charge in [0.05, 0.1) is 5.69 Å². The van der Waals surface area contributed by atoms with Crippen LogP contribution in [0.2, 0.25) is 0 Å². The second-order valence-electron chi connectivity index (χ2n) is 5.41. The van der Waals surface area contributed by atoms with Crippen LogP contribution in [0.15, 0.2) is 47.7 Å². The standard InChI is InChI=1S/C18H27N5/c1-3-5-12-20-18(19-4-2)21-14-11-16-7-9-17(10-8-16)23-15-6-13-22-23/h6-10,13,15H,3-5,11-12,14H2,1-2H3,(H2,19,20,21). The number of aromatic nitrogens is 2. The number of hydrogen-bond acceptors (Lipinski definition) is 2. The summed E-state index contributed by atoms with van der Waals surface area (Å²) in [5.41, 5.74) is 2.39. The van der Waals surface area contributed by atoms with Gasteiger partial charge in [-0.05, 0) is 43.5 Å². The van der Waals surface area contributed by atoms with Gasteiger partial charge in [-0.15, -0.1) is 0 Å². The molecule has 1 heterocycles. The highest BCUT2D eigenvalue weighted by atomic mass is 15.3. The first-order valence-electron chi connectivity index (χ1n) is 8.44. The first kappa shape index (κ1) is 17.1. The zero-order valence-corrected chi connectivity index (χ0v) is 14.1. The summed E-state index contributed by atoms with van der Waals surface area (Å²) in [7, 11) is 0. The predicted octanol–water partition coefficient (Wildman–Crippen LogP) is 2.77. The topological polar surface area (TPSA) is 54.2 Å². The Morgan fingerprint density at radius 3 is 2.65 bits per heavy atom. The van der Waals surface area contributed by atoms with Crippen molar-refractivity contribution in [3.8, 4) is 5.69 Å². The van der Waals surface area contributed by atoms with E-state index in [1.807, 2.05) is 16.9 Å². The van der Waals surface area contributed by atoms with Crippen molar-refractivity contribution in [3.05, 3.63) is 48.3 Å². The van der Waals surface area contributed by atoms with E-state index in [1.54, 1.807) is 6.20 Å². The largest absolute Gasteiger partial charge is 0.357 e. The summed E-state index contributed by atoms with van der Waals surface area (Å²) >= 11 is 0. The molecule has 0 atom stereocenters. The maximum atomic E-state index is 4.57. The van der Waals surface area contributed by atoms with E-state index >= 15 is 0 Å². The minimum absolute atomic E-state index is 0.874. The quantitative estimate of drug-likeness (QED) is 0.448. The highest BCUT2D eigenvalue weighted by molar-refractivity contribution is 5.79. The molecule has 1 aromatic heterocycles. The van der Waals surface area contributed by atoms with E-state index in [0.29, 0.717) is 0 Å². The van der Waals surface area contributed by atoms with Crippen LogP contribution in [0.5, 0.6) is 0 Å².